The van der Waals surface area contributed by atoms with Crippen LogP contribution in [0.15, 0.2) is 201 Å². The van der Waals surface area contributed by atoms with Crippen molar-refractivity contribution in [2.75, 3.05) is 0 Å². The first-order valence-electron chi connectivity index (χ1n) is 19.6. The fourth-order valence-electron chi connectivity index (χ4n) is 9.25. The van der Waals surface area contributed by atoms with Gasteiger partial charge in [-0.15, -0.1) is 0 Å². The molecule has 0 radical (unpaired) electrons. The van der Waals surface area contributed by atoms with E-state index in [1.165, 1.54) is 27.4 Å². The van der Waals surface area contributed by atoms with E-state index in [9.17, 15) is 0 Å². The van der Waals surface area contributed by atoms with Crippen LogP contribution in [0.2, 0.25) is 0 Å². The minimum Gasteiger partial charge on any atom is -0.456 e. The van der Waals surface area contributed by atoms with Crippen LogP contribution in [0.1, 0.15) is 0 Å². The Hall–Kier alpha value is -7.82. The number of nitrogens with zero attached hydrogens (tertiary/aromatic N) is 1. The van der Waals surface area contributed by atoms with Crippen molar-refractivity contribution < 1.29 is 13.3 Å². The lowest BCUT2D eigenvalue weighted by molar-refractivity contribution is 0.663. The topological polar surface area (TPSA) is 44.4 Å². The van der Waals surface area contributed by atoms with Gasteiger partial charge in [0.2, 0.25) is 0 Å². The monoisotopic (exact) mass is 741 g/mol. The molecule has 0 saturated carbocycles. The van der Waals surface area contributed by atoms with Gasteiger partial charge in [-0.05, 0) is 124 Å². The number of furan rings is 3. The van der Waals surface area contributed by atoms with Crippen LogP contribution in [0.25, 0.3) is 127 Å². The molecular weight excluding hydrogens is 711 g/mol. The Balaban J connectivity index is 0.918. The lowest BCUT2D eigenvalue weighted by Gasteiger charge is -2.08. The molecule has 0 spiro atoms. The second-order valence-corrected chi connectivity index (χ2v) is 15.3. The maximum absolute atomic E-state index is 6.71. The van der Waals surface area contributed by atoms with Crippen molar-refractivity contribution >= 4 is 87.6 Å². The minimum atomic E-state index is 0.813. The molecule has 0 fully saturated rings. The van der Waals surface area contributed by atoms with E-state index in [0.717, 1.165) is 99.3 Å². The molecule has 0 atom stereocenters. The summed E-state index contributed by atoms with van der Waals surface area (Å²) in [5.74, 6) is 0. The zero-order valence-corrected chi connectivity index (χ0v) is 31.1. The summed E-state index contributed by atoms with van der Waals surface area (Å²) in [6, 6.07) is 66.7. The highest BCUT2D eigenvalue weighted by Crippen LogP contribution is 2.43. The minimum absolute atomic E-state index is 0.813. The van der Waals surface area contributed by atoms with Crippen LogP contribution in [0.4, 0.5) is 0 Å². The molecule has 13 aromatic rings. The van der Waals surface area contributed by atoms with Crippen molar-refractivity contribution in [2.24, 2.45) is 0 Å². The highest BCUT2D eigenvalue weighted by Gasteiger charge is 2.19. The van der Waals surface area contributed by atoms with Crippen LogP contribution < -0.4 is 0 Å². The number of hydrogen-bond donors (Lipinski definition) is 0. The molecule has 0 N–H and O–H groups in total. The van der Waals surface area contributed by atoms with Gasteiger partial charge >= 0.3 is 0 Å². The van der Waals surface area contributed by atoms with E-state index in [0.29, 0.717) is 0 Å². The largest absolute Gasteiger partial charge is 0.456 e. The first-order chi connectivity index (χ1) is 28.7. The van der Waals surface area contributed by atoms with Crippen molar-refractivity contribution in [3.05, 3.63) is 188 Å². The van der Waals surface area contributed by atoms with Crippen molar-refractivity contribution in [2.45, 2.75) is 0 Å². The van der Waals surface area contributed by atoms with Crippen molar-refractivity contribution in [3.63, 3.8) is 0 Å². The molecule has 270 valence electrons. The summed E-state index contributed by atoms with van der Waals surface area (Å²) in [6.45, 7) is 0. The average Bonchev–Trinajstić information content (AvgIpc) is 4.04. The van der Waals surface area contributed by atoms with Gasteiger partial charge in [0.1, 0.15) is 33.5 Å². The first-order valence-corrected chi connectivity index (χ1v) is 19.6. The number of rotatable bonds is 4. The van der Waals surface area contributed by atoms with Gasteiger partial charge in [0, 0.05) is 43.4 Å². The van der Waals surface area contributed by atoms with Gasteiger partial charge < -0.3 is 17.8 Å². The molecule has 0 aliphatic heterocycles. The number of aromatic nitrogens is 1. The summed E-state index contributed by atoms with van der Waals surface area (Å²) in [5.41, 5.74) is 15.6. The maximum Gasteiger partial charge on any atom is 0.147 e. The molecule has 13 rings (SSSR count). The van der Waals surface area contributed by atoms with E-state index in [1.54, 1.807) is 0 Å². The molecule has 0 unspecified atom stereocenters. The predicted molar refractivity (Wildman–Crippen MR) is 239 cm³/mol. The Morgan fingerprint density at radius 2 is 0.793 bits per heavy atom. The van der Waals surface area contributed by atoms with Gasteiger partial charge in [0.05, 0.1) is 16.4 Å². The summed E-state index contributed by atoms with van der Waals surface area (Å²) in [5, 5.41) is 8.92. The zero-order chi connectivity index (χ0) is 37.9. The molecule has 0 bridgehead atoms. The quantitative estimate of drug-likeness (QED) is 0.180. The summed E-state index contributed by atoms with van der Waals surface area (Å²) in [4.78, 5) is 0. The third-order valence-electron chi connectivity index (χ3n) is 12.0. The van der Waals surface area contributed by atoms with Gasteiger partial charge in [-0.25, -0.2) is 0 Å². The van der Waals surface area contributed by atoms with Crippen LogP contribution in [0.3, 0.4) is 0 Å². The summed E-state index contributed by atoms with van der Waals surface area (Å²) in [7, 11) is 0. The molecule has 0 amide bonds. The van der Waals surface area contributed by atoms with E-state index >= 15 is 0 Å². The lowest BCUT2D eigenvalue weighted by Crippen LogP contribution is -1.92. The van der Waals surface area contributed by atoms with Gasteiger partial charge in [0.15, 0.2) is 0 Å². The highest BCUT2D eigenvalue weighted by molar-refractivity contribution is 6.23. The van der Waals surface area contributed by atoms with Crippen LogP contribution >= 0.6 is 0 Å². The molecule has 4 heterocycles. The van der Waals surface area contributed by atoms with Crippen molar-refractivity contribution in [1.82, 2.24) is 4.57 Å². The second kappa shape index (κ2) is 11.8. The van der Waals surface area contributed by atoms with Crippen LogP contribution in [-0.2, 0) is 0 Å². The molecule has 4 nitrogen and oxygen atoms in total. The average molecular weight is 742 g/mol. The van der Waals surface area contributed by atoms with Gasteiger partial charge in [-0.2, -0.15) is 0 Å². The highest BCUT2D eigenvalue weighted by atomic mass is 16.3. The second-order valence-electron chi connectivity index (χ2n) is 15.3. The normalized spacial score (nSPS) is 12.1. The van der Waals surface area contributed by atoms with Crippen molar-refractivity contribution in [3.8, 4) is 39.1 Å². The van der Waals surface area contributed by atoms with E-state index in [1.807, 2.05) is 12.1 Å². The molecule has 0 aliphatic carbocycles. The Labute approximate surface area is 331 Å². The van der Waals surface area contributed by atoms with Crippen molar-refractivity contribution in [1.29, 1.82) is 0 Å². The SMILES string of the molecule is c1ccc(-n2c3ccccc3c3cc(-c4ccc5oc6c(ccc7oc8ccc(-c9cccc(-c%10ccc%11oc%12ccccc%12c%11c%10)c9)cc8c76)c5c4)ccc32)cc1. The summed E-state index contributed by atoms with van der Waals surface area (Å²) in [6.07, 6.45) is 0. The van der Waals surface area contributed by atoms with E-state index in [4.69, 9.17) is 13.3 Å². The molecule has 4 heteroatoms. The van der Waals surface area contributed by atoms with Crippen LogP contribution in [0, 0.1) is 0 Å². The Kier molecular flexibility index (Phi) is 6.41. The third kappa shape index (κ3) is 4.57. The Morgan fingerprint density at radius 3 is 1.57 bits per heavy atom. The molecular formula is C54H31NO3. The van der Waals surface area contributed by atoms with Crippen LogP contribution in [-0.4, -0.2) is 4.57 Å². The number of para-hydroxylation sites is 3. The first kappa shape index (κ1) is 31.4. The molecule has 58 heavy (non-hydrogen) atoms. The third-order valence-corrected chi connectivity index (χ3v) is 12.0. The Morgan fingerprint density at radius 1 is 0.276 bits per heavy atom. The van der Waals surface area contributed by atoms with E-state index in [-0.39, 0.29) is 0 Å². The lowest BCUT2D eigenvalue weighted by atomic mass is 9.97. The molecule has 9 aromatic carbocycles. The van der Waals surface area contributed by atoms with Gasteiger partial charge in [-0.1, -0.05) is 97.1 Å². The molecule has 0 aliphatic rings. The van der Waals surface area contributed by atoms with Gasteiger partial charge in [0.25, 0.3) is 0 Å². The zero-order valence-electron chi connectivity index (χ0n) is 31.1. The molecule has 4 aromatic heterocycles. The number of benzene rings is 9. The summed E-state index contributed by atoms with van der Waals surface area (Å²) < 4.78 is 21.6. The number of fused-ring (bicyclic) bond motifs is 13. The standard InChI is InChI=1S/C54H31NO3/c1-2-11-38(12-3-1)55-46-15-6-4-13-39(46)42-28-34(17-22-47(42)55)36-19-24-50-44(30-36)41-21-26-52-53(54(41)58-50)45-31-37(20-25-51(45)57-52)33-10-8-9-32(27-33)35-18-23-49-43(29-35)40-14-5-7-16-48(40)56-49/h1-31H. The Bertz CT molecular complexity index is 3800. The van der Waals surface area contributed by atoms with Gasteiger partial charge in [-0.3, -0.25) is 0 Å². The van der Waals surface area contributed by atoms with E-state index < -0.39 is 0 Å². The maximum atomic E-state index is 6.71. The fraction of sp³-hybridized carbons (Fsp3) is 0. The number of hydrogen-bond acceptors (Lipinski definition) is 3. The summed E-state index contributed by atoms with van der Waals surface area (Å²) >= 11 is 0. The fourth-order valence-corrected chi connectivity index (χ4v) is 9.25. The molecule has 0 saturated heterocycles. The predicted octanol–water partition coefficient (Wildman–Crippen LogP) is 15.5. The van der Waals surface area contributed by atoms with Crippen LogP contribution in [0.5, 0.6) is 0 Å². The smallest absolute Gasteiger partial charge is 0.147 e. The van der Waals surface area contributed by atoms with E-state index in [2.05, 4.69) is 180 Å².